The SMILES string of the molecule is C1=C(c2cnccn2)CCC2(C1)OCCO2. The highest BCUT2D eigenvalue weighted by Crippen LogP contribution is 2.37. The van der Waals surface area contributed by atoms with Crippen LogP contribution in [0.15, 0.2) is 24.7 Å². The number of nitrogens with zero attached hydrogens (tertiary/aromatic N) is 2. The minimum atomic E-state index is -0.342. The molecule has 0 amide bonds. The van der Waals surface area contributed by atoms with Crippen LogP contribution < -0.4 is 0 Å². The highest BCUT2D eigenvalue weighted by atomic mass is 16.7. The van der Waals surface area contributed by atoms with Gasteiger partial charge < -0.3 is 9.47 Å². The maximum absolute atomic E-state index is 5.66. The zero-order chi connectivity index (χ0) is 10.8. The summed E-state index contributed by atoms with van der Waals surface area (Å²) in [5, 5.41) is 0. The number of ether oxygens (including phenoxy) is 2. The van der Waals surface area contributed by atoms with E-state index in [0.29, 0.717) is 13.2 Å². The van der Waals surface area contributed by atoms with Crippen LogP contribution in [0.4, 0.5) is 0 Å². The van der Waals surface area contributed by atoms with Crippen molar-refractivity contribution < 1.29 is 9.47 Å². The molecule has 2 aliphatic rings. The lowest BCUT2D eigenvalue weighted by Crippen LogP contribution is -2.31. The lowest BCUT2D eigenvalue weighted by Gasteiger charge is -2.30. The van der Waals surface area contributed by atoms with E-state index in [1.165, 1.54) is 5.57 Å². The molecule has 0 bridgehead atoms. The molecule has 0 saturated carbocycles. The van der Waals surface area contributed by atoms with E-state index >= 15 is 0 Å². The molecule has 1 aromatic heterocycles. The van der Waals surface area contributed by atoms with E-state index in [1.807, 2.05) is 0 Å². The van der Waals surface area contributed by atoms with E-state index in [0.717, 1.165) is 25.0 Å². The lowest BCUT2D eigenvalue weighted by atomic mass is 9.92. The Kier molecular flexibility index (Phi) is 2.46. The van der Waals surface area contributed by atoms with Gasteiger partial charge in [-0.2, -0.15) is 0 Å². The molecule has 1 aliphatic carbocycles. The van der Waals surface area contributed by atoms with Crippen molar-refractivity contribution in [2.75, 3.05) is 13.2 Å². The van der Waals surface area contributed by atoms with Crippen LogP contribution in [0.5, 0.6) is 0 Å². The van der Waals surface area contributed by atoms with Crippen molar-refractivity contribution in [1.29, 1.82) is 0 Å². The Morgan fingerprint density at radius 3 is 2.69 bits per heavy atom. The molecule has 0 N–H and O–H groups in total. The highest BCUT2D eigenvalue weighted by molar-refractivity contribution is 5.62. The van der Waals surface area contributed by atoms with E-state index in [1.54, 1.807) is 18.6 Å². The number of hydrogen-bond acceptors (Lipinski definition) is 4. The van der Waals surface area contributed by atoms with Gasteiger partial charge in [0.2, 0.25) is 0 Å². The predicted octanol–water partition coefficient (Wildman–Crippen LogP) is 1.79. The smallest absolute Gasteiger partial charge is 0.172 e. The Hall–Kier alpha value is -1.26. The first-order valence-electron chi connectivity index (χ1n) is 5.61. The Bertz CT molecular complexity index is 397. The average Bonchev–Trinajstić information content (AvgIpc) is 2.80. The summed E-state index contributed by atoms with van der Waals surface area (Å²) in [5.41, 5.74) is 2.22. The average molecular weight is 218 g/mol. The molecule has 4 nitrogen and oxygen atoms in total. The molecule has 1 fully saturated rings. The van der Waals surface area contributed by atoms with E-state index in [9.17, 15) is 0 Å². The predicted molar refractivity (Wildman–Crippen MR) is 58.5 cm³/mol. The largest absolute Gasteiger partial charge is 0.347 e. The van der Waals surface area contributed by atoms with Gasteiger partial charge in [0.1, 0.15) is 0 Å². The summed E-state index contributed by atoms with van der Waals surface area (Å²) in [6.45, 7) is 1.43. The maximum Gasteiger partial charge on any atom is 0.172 e. The highest BCUT2D eigenvalue weighted by Gasteiger charge is 2.37. The van der Waals surface area contributed by atoms with E-state index in [-0.39, 0.29) is 5.79 Å². The molecule has 1 aliphatic heterocycles. The fraction of sp³-hybridized carbons (Fsp3) is 0.500. The van der Waals surface area contributed by atoms with E-state index in [4.69, 9.17) is 9.47 Å². The van der Waals surface area contributed by atoms with Gasteiger partial charge in [0.25, 0.3) is 0 Å². The van der Waals surface area contributed by atoms with Crippen LogP contribution in [0.25, 0.3) is 5.57 Å². The van der Waals surface area contributed by atoms with Gasteiger partial charge in [-0.15, -0.1) is 0 Å². The number of hydrogen-bond donors (Lipinski definition) is 0. The van der Waals surface area contributed by atoms with Gasteiger partial charge in [-0.1, -0.05) is 6.08 Å². The molecule has 0 atom stereocenters. The summed E-state index contributed by atoms with van der Waals surface area (Å²) in [5.74, 6) is -0.342. The molecule has 3 rings (SSSR count). The number of rotatable bonds is 1. The van der Waals surface area contributed by atoms with Crippen LogP contribution in [-0.4, -0.2) is 29.0 Å². The zero-order valence-corrected chi connectivity index (χ0v) is 9.06. The molecule has 1 spiro atoms. The van der Waals surface area contributed by atoms with Crippen LogP contribution in [0.3, 0.4) is 0 Å². The zero-order valence-electron chi connectivity index (χ0n) is 9.06. The van der Waals surface area contributed by atoms with Crippen LogP contribution in [0.1, 0.15) is 25.0 Å². The third-order valence-electron chi connectivity index (χ3n) is 3.14. The second kappa shape index (κ2) is 3.96. The van der Waals surface area contributed by atoms with Gasteiger partial charge in [0.05, 0.1) is 25.1 Å². The second-order valence-electron chi connectivity index (χ2n) is 4.13. The summed E-state index contributed by atoms with van der Waals surface area (Å²) >= 11 is 0. The summed E-state index contributed by atoms with van der Waals surface area (Å²) < 4.78 is 11.3. The Morgan fingerprint density at radius 2 is 2.06 bits per heavy atom. The third-order valence-corrected chi connectivity index (χ3v) is 3.14. The fourth-order valence-electron chi connectivity index (χ4n) is 2.26. The minimum Gasteiger partial charge on any atom is -0.347 e. The van der Waals surface area contributed by atoms with Gasteiger partial charge in [-0.05, 0) is 12.0 Å². The molecular weight excluding hydrogens is 204 g/mol. The van der Waals surface area contributed by atoms with E-state index in [2.05, 4.69) is 16.0 Å². The van der Waals surface area contributed by atoms with Gasteiger partial charge in [0, 0.05) is 25.2 Å². The summed E-state index contributed by atoms with van der Waals surface area (Å²) in [4.78, 5) is 8.39. The molecule has 84 valence electrons. The van der Waals surface area contributed by atoms with Crippen LogP contribution in [0, 0.1) is 0 Å². The summed E-state index contributed by atoms with van der Waals surface area (Å²) in [6, 6.07) is 0. The van der Waals surface area contributed by atoms with Crippen molar-refractivity contribution >= 4 is 5.57 Å². The standard InChI is InChI=1S/C12H14N2O2/c1-3-12(15-7-8-16-12)4-2-10(1)11-9-13-5-6-14-11/h1,5-6,9H,2-4,7-8H2. The molecule has 0 aromatic carbocycles. The monoisotopic (exact) mass is 218 g/mol. The molecule has 4 heteroatoms. The van der Waals surface area contributed by atoms with Crippen molar-refractivity contribution in [2.45, 2.75) is 25.0 Å². The number of allylic oxidation sites excluding steroid dienone is 1. The van der Waals surface area contributed by atoms with Crippen LogP contribution in [0.2, 0.25) is 0 Å². The normalized spacial score (nSPS) is 23.4. The van der Waals surface area contributed by atoms with Gasteiger partial charge in [-0.25, -0.2) is 0 Å². The lowest BCUT2D eigenvalue weighted by molar-refractivity contribution is -0.159. The Labute approximate surface area is 94.3 Å². The Balaban J connectivity index is 1.79. The third kappa shape index (κ3) is 1.74. The first-order chi connectivity index (χ1) is 7.88. The molecular formula is C12H14N2O2. The topological polar surface area (TPSA) is 44.2 Å². The molecule has 16 heavy (non-hydrogen) atoms. The first kappa shape index (κ1) is 9.93. The Morgan fingerprint density at radius 1 is 1.19 bits per heavy atom. The summed E-state index contributed by atoms with van der Waals surface area (Å²) in [7, 11) is 0. The fourth-order valence-corrected chi connectivity index (χ4v) is 2.26. The quantitative estimate of drug-likeness (QED) is 0.720. The number of aromatic nitrogens is 2. The summed E-state index contributed by atoms with van der Waals surface area (Å²) in [6.07, 6.45) is 10.1. The molecule has 0 unspecified atom stereocenters. The van der Waals surface area contributed by atoms with E-state index < -0.39 is 0 Å². The molecule has 1 aromatic rings. The molecule has 2 heterocycles. The van der Waals surface area contributed by atoms with Gasteiger partial charge >= 0.3 is 0 Å². The van der Waals surface area contributed by atoms with Crippen molar-refractivity contribution in [3.8, 4) is 0 Å². The van der Waals surface area contributed by atoms with Gasteiger partial charge in [0.15, 0.2) is 5.79 Å². The van der Waals surface area contributed by atoms with Crippen molar-refractivity contribution in [3.05, 3.63) is 30.4 Å². The van der Waals surface area contributed by atoms with Crippen molar-refractivity contribution in [3.63, 3.8) is 0 Å². The van der Waals surface area contributed by atoms with Crippen molar-refractivity contribution in [2.24, 2.45) is 0 Å². The second-order valence-corrected chi connectivity index (χ2v) is 4.13. The minimum absolute atomic E-state index is 0.342. The van der Waals surface area contributed by atoms with Crippen LogP contribution >= 0.6 is 0 Å². The first-order valence-corrected chi connectivity index (χ1v) is 5.61. The van der Waals surface area contributed by atoms with Crippen molar-refractivity contribution in [1.82, 2.24) is 9.97 Å². The van der Waals surface area contributed by atoms with Gasteiger partial charge in [-0.3, -0.25) is 9.97 Å². The molecule has 1 saturated heterocycles. The molecule has 0 radical (unpaired) electrons. The maximum atomic E-state index is 5.66. The van der Waals surface area contributed by atoms with Crippen LogP contribution in [-0.2, 0) is 9.47 Å².